The van der Waals surface area contributed by atoms with E-state index in [0.29, 0.717) is 6.42 Å². The van der Waals surface area contributed by atoms with Gasteiger partial charge < -0.3 is 4.74 Å². The van der Waals surface area contributed by atoms with Gasteiger partial charge in [-0.1, -0.05) is 39.0 Å². The number of hydrogen-bond donors (Lipinski definition) is 0. The lowest BCUT2D eigenvalue weighted by Crippen LogP contribution is -2.23. The molecule has 1 atom stereocenters. The Morgan fingerprint density at radius 1 is 1.20 bits per heavy atom. The Hall–Kier alpha value is -0.530. The fourth-order valence-corrected chi connectivity index (χ4v) is 2.13. The van der Waals surface area contributed by atoms with Gasteiger partial charge in [0.2, 0.25) is 0 Å². The smallest absolute Gasteiger partial charge is 0.306 e. The lowest BCUT2D eigenvalue weighted by Gasteiger charge is -2.21. The molecule has 88 valence electrons. The summed E-state index contributed by atoms with van der Waals surface area (Å²) in [6.45, 7) is 2.24. The van der Waals surface area contributed by atoms with E-state index in [1.54, 1.807) is 0 Å². The molecule has 1 fully saturated rings. The van der Waals surface area contributed by atoms with Crippen LogP contribution in [0.1, 0.15) is 71.1 Å². The maximum absolute atomic E-state index is 11.0. The summed E-state index contributed by atoms with van der Waals surface area (Å²) in [7, 11) is 0. The second-order valence-corrected chi connectivity index (χ2v) is 4.56. The molecule has 0 aromatic carbocycles. The number of esters is 1. The fraction of sp³-hybridized carbons (Fsp3) is 0.923. The molecule has 0 amide bonds. The number of carbonyl (C=O) groups is 1. The van der Waals surface area contributed by atoms with E-state index < -0.39 is 0 Å². The van der Waals surface area contributed by atoms with Gasteiger partial charge in [-0.2, -0.15) is 0 Å². The summed E-state index contributed by atoms with van der Waals surface area (Å²) in [5.74, 6) is 0.0113. The predicted molar refractivity (Wildman–Crippen MR) is 61.7 cm³/mol. The van der Waals surface area contributed by atoms with Crippen molar-refractivity contribution in [1.29, 1.82) is 0 Å². The Morgan fingerprint density at radius 3 is 2.67 bits per heavy atom. The second-order valence-electron chi connectivity index (χ2n) is 4.56. The zero-order valence-corrected chi connectivity index (χ0v) is 9.96. The summed E-state index contributed by atoms with van der Waals surface area (Å²) >= 11 is 0. The minimum Gasteiger partial charge on any atom is -0.462 e. The first-order valence-electron chi connectivity index (χ1n) is 6.52. The van der Waals surface area contributed by atoms with Crippen LogP contribution < -0.4 is 0 Å². The number of rotatable bonds is 7. The van der Waals surface area contributed by atoms with Crippen molar-refractivity contribution in [2.75, 3.05) is 0 Å². The van der Waals surface area contributed by atoms with Gasteiger partial charge in [0.05, 0.1) is 0 Å². The molecule has 1 rings (SSSR count). The topological polar surface area (TPSA) is 26.3 Å². The molecule has 0 aliphatic carbocycles. The monoisotopic (exact) mass is 212 g/mol. The third-order valence-electron chi connectivity index (χ3n) is 3.08. The van der Waals surface area contributed by atoms with E-state index in [1.165, 1.54) is 38.5 Å². The van der Waals surface area contributed by atoms with Crippen molar-refractivity contribution in [2.24, 2.45) is 0 Å². The Bertz CT molecular complexity index is 177. The van der Waals surface area contributed by atoms with E-state index in [-0.39, 0.29) is 12.1 Å². The third kappa shape index (κ3) is 5.81. The molecule has 0 aromatic heterocycles. The van der Waals surface area contributed by atoms with Crippen molar-refractivity contribution < 1.29 is 9.53 Å². The summed E-state index contributed by atoms with van der Waals surface area (Å²) in [5.41, 5.74) is 0. The molecule has 1 aliphatic rings. The highest BCUT2D eigenvalue weighted by Gasteiger charge is 2.19. The molecule has 0 radical (unpaired) electrons. The molecule has 1 heterocycles. The van der Waals surface area contributed by atoms with Gasteiger partial charge >= 0.3 is 5.97 Å². The van der Waals surface area contributed by atoms with Gasteiger partial charge in [0.1, 0.15) is 6.10 Å². The second kappa shape index (κ2) is 7.72. The number of unbranched alkanes of at least 4 members (excludes halogenated alkanes) is 5. The van der Waals surface area contributed by atoms with E-state index >= 15 is 0 Å². The van der Waals surface area contributed by atoms with Gasteiger partial charge in [-0.05, 0) is 25.7 Å². The predicted octanol–water partition coefficient (Wildman–Crippen LogP) is 3.83. The first-order valence-corrected chi connectivity index (χ1v) is 6.52. The molecule has 1 saturated heterocycles. The van der Waals surface area contributed by atoms with Crippen molar-refractivity contribution in [3.8, 4) is 0 Å². The molecule has 15 heavy (non-hydrogen) atoms. The molecule has 0 bridgehead atoms. The lowest BCUT2D eigenvalue weighted by molar-refractivity contribution is -0.154. The highest BCUT2D eigenvalue weighted by Crippen LogP contribution is 2.19. The Morgan fingerprint density at radius 2 is 1.93 bits per heavy atom. The highest BCUT2D eigenvalue weighted by molar-refractivity contribution is 5.70. The maximum Gasteiger partial charge on any atom is 0.306 e. The standard InChI is InChI=1S/C13H24O2/c1-2-3-4-5-6-7-9-12-10-8-11-13(14)15-12/h12H,2-11H2,1H3. The van der Waals surface area contributed by atoms with Crippen LogP contribution in [0.2, 0.25) is 0 Å². The molecule has 0 N–H and O–H groups in total. The van der Waals surface area contributed by atoms with Crippen LogP contribution in [0.25, 0.3) is 0 Å². The Labute approximate surface area is 93.4 Å². The summed E-state index contributed by atoms with van der Waals surface area (Å²) in [6, 6.07) is 0. The Kier molecular flexibility index (Phi) is 6.45. The van der Waals surface area contributed by atoms with Crippen LogP contribution in [-0.4, -0.2) is 12.1 Å². The fourth-order valence-electron chi connectivity index (χ4n) is 2.13. The van der Waals surface area contributed by atoms with Gasteiger partial charge in [0, 0.05) is 6.42 Å². The minimum atomic E-state index is 0.0113. The summed E-state index contributed by atoms with van der Waals surface area (Å²) < 4.78 is 5.28. The van der Waals surface area contributed by atoms with Crippen LogP contribution in [0.3, 0.4) is 0 Å². The lowest BCUT2D eigenvalue weighted by atomic mass is 10.0. The molecule has 2 nitrogen and oxygen atoms in total. The first kappa shape index (κ1) is 12.5. The van der Waals surface area contributed by atoms with E-state index in [9.17, 15) is 4.79 Å². The SMILES string of the molecule is CCCCCCCCC1CCCC(=O)O1. The average Bonchev–Trinajstić information content (AvgIpc) is 2.23. The molecule has 0 spiro atoms. The van der Waals surface area contributed by atoms with Gasteiger partial charge in [0.25, 0.3) is 0 Å². The molecule has 0 aromatic rings. The average molecular weight is 212 g/mol. The van der Waals surface area contributed by atoms with Crippen molar-refractivity contribution in [2.45, 2.75) is 77.2 Å². The van der Waals surface area contributed by atoms with Crippen LogP contribution in [0.5, 0.6) is 0 Å². The van der Waals surface area contributed by atoms with Crippen LogP contribution >= 0.6 is 0 Å². The van der Waals surface area contributed by atoms with Crippen molar-refractivity contribution >= 4 is 5.97 Å². The summed E-state index contributed by atoms with van der Waals surface area (Å²) in [4.78, 5) is 11.0. The van der Waals surface area contributed by atoms with Gasteiger partial charge in [-0.25, -0.2) is 0 Å². The third-order valence-corrected chi connectivity index (χ3v) is 3.08. The highest BCUT2D eigenvalue weighted by atomic mass is 16.5. The van der Waals surface area contributed by atoms with Gasteiger partial charge in [0.15, 0.2) is 0 Å². The maximum atomic E-state index is 11.0. The van der Waals surface area contributed by atoms with Gasteiger partial charge in [-0.15, -0.1) is 0 Å². The number of cyclic esters (lactones) is 1. The zero-order chi connectivity index (χ0) is 10.9. The van der Waals surface area contributed by atoms with E-state index in [1.807, 2.05) is 0 Å². The van der Waals surface area contributed by atoms with Crippen LogP contribution in [0, 0.1) is 0 Å². The van der Waals surface area contributed by atoms with Crippen molar-refractivity contribution in [3.63, 3.8) is 0 Å². The Balaban J connectivity index is 1.92. The largest absolute Gasteiger partial charge is 0.462 e. The molecule has 2 heteroatoms. The number of ether oxygens (including phenoxy) is 1. The quantitative estimate of drug-likeness (QED) is 0.473. The number of hydrogen-bond acceptors (Lipinski definition) is 2. The molecule has 1 aliphatic heterocycles. The zero-order valence-electron chi connectivity index (χ0n) is 9.96. The van der Waals surface area contributed by atoms with Crippen LogP contribution in [-0.2, 0) is 9.53 Å². The molecular weight excluding hydrogens is 188 g/mol. The normalized spacial score (nSPS) is 21.4. The number of carbonyl (C=O) groups excluding carboxylic acids is 1. The summed E-state index contributed by atoms with van der Waals surface area (Å²) in [5, 5.41) is 0. The minimum absolute atomic E-state index is 0.0113. The van der Waals surface area contributed by atoms with Crippen molar-refractivity contribution in [1.82, 2.24) is 0 Å². The van der Waals surface area contributed by atoms with Gasteiger partial charge in [-0.3, -0.25) is 4.79 Å². The van der Waals surface area contributed by atoms with E-state index in [2.05, 4.69) is 6.92 Å². The first-order chi connectivity index (χ1) is 7.33. The van der Waals surface area contributed by atoms with E-state index in [4.69, 9.17) is 4.74 Å². The molecular formula is C13H24O2. The summed E-state index contributed by atoms with van der Waals surface area (Å²) in [6.07, 6.45) is 12.0. The molecule has 0 saturated carbocycles. The van der Waals surface area contributed by atoms with Crippen LogP contribution in [0.15, 0.2) is 0 Å². The van der Waals surface area contributed by atoms with Crippen LogP contribution in [0.4, 0.5) is 0 Å². The van der Waals surface area contributed by atoms with Crippen molar-refractivity contribution in [3.05, 3.63) is 0 Å². The van der Waals surface area contributed by atoms with E-state index in [0.717, 1.165) is 19.3 Å². The molecule has 1 unspecified atom stereocenters.